The van der Waals surface area contributed by atoms with Gasteiger partial charge in [0.15, 0.2) is 5.69 Å². The van der Waals surface area contributed by atoms with E-state index < -0.39 is 0 Å². The van der Waals surface area contributed by atoms with Crippen LogP contribution in [-0.2, 0) is 19.3 Å². The van der Waals surface area contributed by atoms with Gasteiger partial charge in [-0.1, -0.05) is 19.1 Å². The van der Waals surface area contributed by atoms with Crippen LogP contribution >= 0.6 is 12.4 Å². The third-order valence-electron chi connectivity index (χ3n) is 5.04. The smallest absolute Gasteiger partial charge is 0.274 e. The summed E-state index contributed by atoms with van der Waals surface area (Å²) in [5.74, 6) is -0.0324. The molecule has 3 rings (SSSR count). The number of rotatable bonds is 5. The molecule has 2 aromatic rings. The Kier molecular flexibility index (Phi) is 6.25. The molecule has 1 unspecified atom stereocenters. The molecular weight excluding hydrogens is 336 g/mol. The Balaban J connectivity index is 0.00000225. The highest BCUT2D eigenvalue weighted by molar-refractivity contribution is 5.94. The third-order valence-corrected chi connectivity index (χ3v) is 5.04. The zero-order chi connectivity index (χ0) is 17.3. The zero-order valence-electron chi connectivity index (χ0n) is 15.2. The molecule has 1 aromatic heterocycles. The minimum absolute atomic E-state index is 0. The van der Waals surface area contributed by atoms with Crippen molar-refractivity contribution >= 4 is 18.3 Å². The number of carbonyl (C=O) groups is 1. The number of carbonyl (C=O) groups excluding carboxylic acids is 1. The highest BCUT2D eigenvalue weighted by Gasteiger charge is 2.29. The van der Waals surface area contributed by atoms with Crippen molar-refractivity contribution in [3.63, 3.8) is 0 Å². The Morgan fingerprint density at radius 3 is 2.60 bits per heavy atom. The number of hydrogen-bond donors (Lipinski definition) is 1. The average molecular weight is 363 g/mol. The van der Waals surface area contributed by atoms with E-state index in [1.807, 2.05) is 11.6 Å². The number of aromatic nitrogens is 2. The van der Waals surface area contributed by atoms with E-state index in [1.165, 1.54) is 11.3 Å². The lowest BCUT2D eigenvalue weighted by molar-refractivity contribution is 0.0741. The van der Waals surface area contributed by atoms with E-state index in [-0.39, 0.29) is 24.4 Å². The molecule has 1 amide bonds. The number of hydrogen-bond acceptors (Lipinski definition) is 3. The number of likely N-dealkylation sites (N-methyl/N-ethyl adjacent to an activating group) is 1. The Morgan fingerprint density at radius 2 is 2.00 bits per heavy atom. The monoisotopic (exact) mass is 362 g/mol. The summed E-state index contributed by atoms with van der Waals surface area (Å²) in [5, 5.41) is 4.68. The molecule has 0 fully saturated rings. The second-order valence-electron chi connectivity index (χ2n) is 6.56. The molecule has 0 aliphatic heterocycles. The molecule has 6 heteroatoms. The van der Waals surface area contributed by atoms with Crippen molar-refractivity contribution in [2.45, 2.75) is 45.6 Å². The molecule has 0 bridgehead atoms. The molecule has 0 radical (unpaired) electrons. The van der Waals surface area contributed by atoms with Crippen molar-refractivity contribution in [1.82, 2.24) is 14.7 Å². The van der Waals surface area contributed by atoms with Crippen molar-refractivity contribution in [2.75, 3.05) is 13.6 Å². The van der Waals surface area contributed by atoms with Gasteiger partial charge in [0.1, 0.15) is 0 Å². The first kappa shape index (κ1) is 19.5. The van der Waals surface area contributed by atoms with Crippen LogP contribution in [-0.4, -0.2) is 40.2 Å². The molecule has 0 saturated carbocycles. The van der Waals surface area contributed by atoms with Crippen LogP contribution in [0.4, 0.5) is 0 Å². The van der Waals surface area contributed by atoms with Gasteiger partial charge >= 0.3 is 0 Å². The highest BCUT2D eigenvalue weighted by atomic mass is 35.5. The molecule has 1 aliphatic rings. The van der Waals surface area contributed by atoms with Crippen molar-refractivity contribution in [3.05, 3.63) is 46.8 Å². The fourth-order valence-corrected chi connectivity index (χ4v) is 3.22. The van der Waals surface area contributed by atoms with E-state index in [0.717, 1.165) is 36.9 Å². The van der Waals surface area contributed by atoms with Gasteiger partial charge in [-0.25, -0.2) is 4.68 Å². The van der Waals surface area contributed by atoms with E-state index in [4.69, 9.17) is 5.73 Å². The molecule has 136 valence electrons. The summed E-state index contributed by atoms with van der Waals surface area (Å²) in [6.45, 7) is 4.55. The van der Waals surface area contributed by atoms with E-state index in [1.54, 1.807) is 11.9 Å². The van der Waals surface area contributed by atoms with Crippen LogP contribution < -0.4 is 5.73 Å². The van der Waals surface area contributed by atoms with Gasteiger partial charge in [0.25, 0.3) is 5.91 Å². The van der Waals surface area contributed by atoms with E-state index >= 15 is 0 Å². The molecular formula is C19H27ClN4O. The fraction of sp³-hybridized carbons (Fsp3) is 0.474. The first-order valence-corrected chi connectivity index (χ1v) is 8.74. The molecule has 2 N–H and O–H groups in total. The molecule has 1 heterocycles. The lowest BCUT2D eigenvalue weighted by Crippen LogP contribution is -2.40. The second-order valence-corrected chi connectivity index (χ2v) is 6.56. The van der Waals surface area contributed by atoms with Gasteiger partial charge in [0, 0.05) is 30.9 Å². The lowest BCUT2D eigenvalue weighted by Gasteiger charge is -2.23. The van der Waals surface area contributed by atoms with Crippen LogP contribution in [0.5, 0.6) is 0 Å². The summed E-state index contributed by atoms with van der Waals surface area (Å²) in [7, 11) is 1.80. The molecule has 1 aliphatic carbocycles. The predicted octanol–water partition coefficient (Wildman–Crippen LogP) is 2.76. The van der Waals surface area contributed by atoms with Gasteiger partial charge in [0.05, 0.1) is 5.69 Å². The molecule has 0 saturated heterocycles. The van der Waals surface area contributed by atoms with E-state index in [2.05, 4.69) is 36.3 Å². The summed E-state index contributed by atoms with van der Waals surface area (Å²) in [5.41, 5.74) is 10.9. The normalized spacial score (nSPS) is 13.9. The predicted molar refractivity (Wildman–Crippen MR) is 103 cm³/mol. The van der Waals surface area contributed by atoms with Crippen LogP contribution in [0, 0.1) is 0 Å². The van der Waals surface area contributed by atoms with Crippen LogP contribution in [0.2, 0.25) is 0 Å². The standard InChI is InChI=1S/C19H26N4O.ClH/c1-4-14-8-10-15(11-9-14)23-17-7-5-6-16(17)18(21-23)19(24)22(3)13(2)12-20;/h8-11,13H,4-7,12,20H2,1-3H3;1H. The van der Waals surface area contributed by atoms with Crippen LogP contribution in [0.15, 0.2) is 24.3 Å². The van der Waals surface area contributed by atoms with Crippen molar-refractivity contribution < 1.29 is 4.79 Å². The number of amides is 1. The maximum atomic E-state index is 12.8. The van der Waals surface area contributed by atoms with Crippen LogP contribution in [0.1, 0.15) is 47.6 Å². The summed E-state index contributed by atoms with van der Waals surface area (Å²) < 4.78 is 1.95. The van der Waals surface area contributed by atoms with Gasteiger partial charge in [-0.15, -0.1) is 12.4 Å². The molecule has 1 aromatic carbocycles. The van der Waals surface area contributed by atoms with Crippen molar-refractivity contribution in [1.29, 1.82) is 0 Å². The second kappa shape index (κ2) is 8.02. The first-order valence-electron chi connectivity index (χ1n) is 8.74. The quantitative estimate of drug-likeness (QED) is 0.889. The van der Waals surface area contributed by atoms with E-state index in [9.17, 15) is 4.79 Å². The summed E-state index contributed by atoms with van der Waals surface area (Å²) in [6, 6.07) is 8.43. The number of nitrogens with two attached hydrogens (primary N) is 1. The van der Waals surface area contributed by atoms with Crippen LogP contribution in [0.25, 0.3) is 5.69 Å². The fourth-order valence-electron chi connectivity index (χ4n) is 3.22. The highest BCUT2D eigenvalue weighted by Crippen LogP contribution is 2.28. The zero-order valence-corrected chi connectivity index (χ0v) is 16.0. The Hall–Kier alpha value is -1.85. The number of fused-ring (bicyclic) bond motifs is 1. The number of benzene rings is 1. The molecule has 1 atom stereocenters. The third kappa shape index (κ3) is 3.58. The molecule has 0 spiro atoms. The molecule has 5 nitrogen and oxygen atoms in total. The number of nitrogens with zero attached hydrogens (tertiary/aromatic N) is 3. The number of halogens is 1. The Morgan fingerprint density at radius 1 is 1.32 bits per heavy atom. The van der Waals surface area contributed by atoms with Gasteiger partial charge in [0.2, 0.25) is 0 Å². The topological polar surface area (TPSA) is 64.2 Å². The Bertz CT molecular complexity index is 739. The Labute approximate surface area is 155 Å². The van der Waals surface area contributed by atoms with Gasteiger partial charge in [-0.2, -0.15) is 5.10 Å². The van der Waals surface area contributed by atoms with Crippen molar-refractivity contribution in [2.24, 2.45) is 5.73 Å². The average Bonchev–Trinajstić information content (AvgIpc) is 3.22. The van der Waals surface area contributed by atoms with Gasteiger partial charge in [-0.3, -0.25) is 4.79 Å². The summed E-state index contributed by atoms with van der Waals surface area (Å²) in [6.07, 6.45) is 4.00. The SMILES string of the molecule is CCc1ccc(-n2nc(C(=O)N(C)C(C)CN)c3c2CCC3)cc1.Cl. The minimum Gasteiger partial charge on any atom is -0.336 e. The van der Waals surface area contributed by atoms with Crippen molar-refractivity contribution in [3.8, 4) is 5.69 Å². The summed E-state index contributed by atoms with van der Waals surface area (Å²) >= 11 is 0. The summed E-state index contributed by atoms with van der Waals surface area (Å²) in [4.78, 5) is 14.5. The lowest BCUT2D eigenvalue weighted by atomic mass is 10.1. The largest absolute Gasteiger partial charge is 0.336 e. The van der Waals surface area contributed by atoms with Gasteiger partial charge < -0.3 is 10.6 Å². The minimum atomic E-state index is -0.0324. The first-order chi connectivity index (χ1) is 11.6. The van der Waals surface area contributed by atoms with Crippen LogP contribution in [0.3, 0.4) is 0 Å². The molecule has 25 heavy (non-hydrogen) atoms. The maximum Gasteiger partial charge on any atom is 0.274 e. The van der Waals surface area contributed by atoms with E-state index in [0.29, 0.717) is 12.2 Å². The van der Waals surface area contributed by atoms with Gasteiger partial charge in [-0.05, 0) is 50.3 Å². The number of aryl methyl sites for hydroxylation is 1. The maximum absolute atomic E-state index is 12.8.